The third kappa shape index (κ3) is 4.25. The van der Waals surface area contributed by atoms with Crippen LogP contribution in [0, 0.1) is 0 Å². The molecule has 128 valence electrons. The summed E-state index contributed by atoms with van der Waals surface area (Å²) in [5, 5.41) is 10.7. The Kier molecular flexibility index (Phi) is 5.48. The SMILES string of the molecule is CC(=O)N(O)C(C)c1ccc(S(=O)(=O)Nc2ccc(Cl)cc2)cc1. The molecule has 2 N–H and O–H groups in total. The largest absolute Gasteiger partial charge is 0.285 e. The molecule has 0 aliphatic rings. The predicted octanol–water partition coefficient (Wildman–Crippen LogP) is 3.44. The maximum Gasteiger partial charge on any atom is 0.261 e. The van der Waals surface area contributed by atoms with Gasteiger partial charge in [0.2, 0.25) is 5.91 Å². The Morgan fingerprint density at radius 2 is 1.67 bits per heavy atom. The van der Waals surface area contributed by atoms with Gasteiger partial charge in [0.1, 0.15) is 0 Å². The Hall–Kier alpha value is -2.09. The summed E-state index contributed by atoms with van der Waals surface area (Å²) in [6.07, 6.45) is 0. The van der Waals surface area contributed by atoms with E-state index in [1.165, 1.54) is 19.1 Å². The van der Waals surface area contributed by atoms with Crippen LogP contribution in [0.3, 0.4) is 0 Å². The van der Waals surface area contributed by atoms with Gasteiger partial charge in [-0.25, -0.2) is 13.5 Å². The molecule has 8 heteroatoms. The summed E-state index contributed by atoms with van der Waals surface area (Å²) in [7, 11) is -3.74. The Labute approximate surface area is 145 Å². The summed E-state index contributed by atoms with van der Waals surface area (Å²) >= 11 is 5.77. The van der Waals surface area contributed by atoms with E-state index in [-0.39, 0.29) is 4.90 Å². The van der Waals surface area contributed by atoms with E-state index in [0.717, 1.165) is 0 Å². The molecule has 0 radical (unpaired) electrons. The Balaban J connectivity index is 2.19. The number of nitrogens with zero attached hydrogens (tertiary/aromatic N) is 1. The highest BCUT2D eigenvalue weighted by molar-refractivity contribution is 7.92. The van der Waals surface area contributed by atoms with E-state index < -0.39 is 22.0 Å². The molecule has 0 saturated carbocycles. The van der Waals surface area contributed by atoms with E-state index in [1.807, 2.05) is 0 Å². The van der Waals surface area contributed by atoms with Crippen molar-refractivity contribution in [3.05, 3.63) is 59.1 Å². The van der Waals surface area contributed by atoms with Crippen LogP contribution < -0.4 is 4.72 Å². The first-order chi connectivity index (χ1) is 11.2. The van der Waals surface area contributed by atoms with Crippen LogP contribution >= 0.6 is 11.6 Å². The van der Waals surface area contributed by atoms with Crippen molar-refractivity contribution < 1.29 is 18.4 Å². The highest BCUT2D eigenvalue weighted by atomic mass is 35.5. The van der Waals surface area contributed by atoms with Crippen molar-refractivity contribution in [3.63, 3.8) is 0 Å². The van der Waals surface area contributed by atoms with E-state index >= 15 is 0 Å². The number of halogens is 1. The average Bonchev–Trinajstić information content (AvgIpc) is 2.55. The van der Waals surface area contributed by atoms with E-state index in [2.05, 4.69) is 4.72 Å². The third-order valence-electron chi connectivity index (χ3n) is 3.46. The van der Waals surface area contributed by atoms with Crippen molar-refractivity contribution in [1.29, 1.82) is 0 Å². The number of anilines is 1. The molecule has 0 bridgehead atoms. The molecule has 2 rings (SSSR count). The van der Waals surface area contributed by atoms with Gasteiger partial charge in [0, 0.05) is 17.6 Å². The maximum atomic E-state index is 12.4. The van der Waals surface area contributed by atoms with Crippen LogP contribution in [0.5, 0.6) is 0 Å². The zero-order valence-corrected chi connectivity index (χ0v) is 14.7. The monoisotopic (exact) mass is 368 g/mol. The van der Waals surface area contributed by atoms with Gasteiger partial charge >= 0.3 is 0 Å². The minimum atomic E-state index is -3.74. The zero-order chi connectivity index (χ0) is 17.9. The first kappa shape index (κ1) is 18.3. The lowest BCUT2D eigenvalue weighted by Crippen LogP contribution is -2.27. The van der Waals surface area contributed by atoms with Gasteiger partial charge in [0.25, 0.3) is 10.0 Å². The van der Waals surface area contributed by atoms with Crippen LogP contribution in [0.2, 0.25) is 5.02 Å². The molecular formula is C16H17ClN2O4S. The topological polar surface area (TPSA) is 86.7 Å². The van der Waals surface area contributed by atoms with E-state index in [4.69, 9.17) is 11.6 Å². The number of hydrogen-bond acceptors (Lipinski definition) is 4. The molecule has 1 atom stereocenters. The molecule has 24 heavy (non-hydrogen) atoms. The number of carbonyl (C=O) groups excluding carboxylic acids is 1. The molecule has 2 aromatic rings. The number of amides is 1. The Bertz CT molecular complexity index is 820. The fourth-order valence-corrected chi connectivity index (χ4v) is 3.26. The van der Waals surface area contributed by atoms with Crippen LogP contribution in [-0.2, 0) is 14.8 Å². The molecule has 2 aromatic carbocycles. The Morgan fingerprint density at radius 1 is 1.12 bits per heavy atom. The van der Waals surface area contributed by atoms with Crippen LogP contribution in [0.4, 0.5) is 5.69 Å². The quantitative estimate of drug-likeness (QED) is 0.625. The van der Waals surface area contributed by atoms with Crippen LogP contribution in [0.15, 0.2) is 53.4 Å². The summed E-state index contributed by atoms with van der Waals surface area (Å²) in [4.78, 5) is 11.2. The number of benzene rings is 2. The van der Waals surface area contributed by atoms with Gasteiger partial charge in [-0.3, -0.25) is 14.7 Å². The second kappa shape index (κ2) is 7.21. The van der Waals surface area contributed by atoms with E-state index in [0.29, 0.717) is 21.3 Å². The predicted molar refractivity (Wildman–Crippen MR) is 91.4 cm³/mol. The third-order valence-corrected chi connectivity index (χ3v) is 5.11. The lowest BCUT2D eigenvalue weighted by atomic mass is 10.1. The summed E-state index contributed by atoms with van der Waals surface area (Å²) in [6.45, 7) is 2.88. The van der Waals surface area contributed by atoms with Gasteiger partial charge in [0.15, 0.2) is 0 Å². The lowest BCUT2D eigenvalue weighted by Gasteiger charge is -2.21. The summed E-state index contributed by atoms with van der Waals surface area (Å²) < 4.78 is 27.2. The van der Waals surface area contributed by atoms with Crippen LogP contribution in [0.1, 0.15) is 25.5 Å². The number of hydrogen-bond donors (Lipinski definition) is 2. The molecule has 1 unspecified atom stereocenters. The van der Waals surface area contributed by atoms with Crippen molar-refractivity contribution in [2.45, 2.75) is 24.8 Å². The zero-order valence-electron chi connectivity index (χ0n) is 13.1. The molecule has 0 aromatic heterocycles. The summed E-state index contributed by atoms with van der Waals surface area (Å²) in [5.74, 6) is -0.497. The molecule has 0 saturated heterocycles. The first-order valence-electron chi connectivity index (χ1n) is 7.08. The average molecular weight is 369 g/mol. The number of carbonyl (C=O) groups is 1. The van der Waals surface area contributed by atoms with Crippen LogP contribution in [-0.4, -0.2) is 24.6 Å². The molecule has 0 heterocycles. The fourth-order valence-electron chi connectivity index (χ4n) is 2.07. The highest BCUT2D eigenvalue weighted by Crippen LogP contribution is 2.22. The highest BCUT2D eigenvalue weighted by Gasteiger charge is 2.18. The van der Waals surface area contributed by atoms with Crippen molar-refractivity contribution in [3.8, 4) is 0 Å². The van der Waals surface area contributed by atoms with Gasteiger partial charge in [-0.2, -0.15) is 0 Å². The lowest BCUT2D eigenvalue weighted by molar-refractivity contribution is -0.172. The second-order valence-corrected chi connectivity index (χ2v) is 7.34. The number of nitrogens with one attached hydrogen (secondary N) is 1. The van der Waals surface area contributed by atoms with E-state index in [1.54, 1.807) is 43.3 Å². The molecule has 0 spiro atoms. The van der Waals surface area contributed by atoms with Crippen molar-refractivity contribution in [2.75, 3.05) is 4.72 Å². The molecule has 0 aliphatic carbocycles. The Morgan fingerprint density at radius 3 is 2.17 bits per heavy atom. The van der Waals surface area contributed by atoms with Gasteiger partial charge in [-0.1, -0.05) is 23.7 Å². The molecular weight excluding hydrogens is 352 g/mol. The van der Waals surface area contributed by atoms with Crippen molar-refractivity contribution >= 4 is 33.2 Å². The molecule has 1 amide bonds. The standard InChI is InChI=1S/C16H17ClN2O4S/c1-11(19(21)12(2)20)13-3-9-16(10-4-13)24(22,23)18-15-7-5-14(17)6-8-15/h3-11,18,21H,1-2H3. The number of hydroxylamine groups is 2. The van der Waals surface area contributed by atoms with Gasteiger partial charge in [-0.05, 0) is 48.9 Å². The minimum absolute atomic E-state index is 0.0701. The minimum Gasteiger partial charge on any atom is -0.285 e. The summed E-state index contributed by atoms with van der Waals surface area (Å²) in [6, 6.07) is 11.6. The second-order valence-electron chi connectivity index (χ2n) is 5.22. The summed E-state index contributed by atoms with van der Waals surface area (Å²) in [5.41, 5.74) is 1.01. The molecule has 6 nitrogen and oxygen atoms in total. The number of rotatable bonds is 5. The maximum absolute atomic E-state index is 12.4. The van der Waals surface area contributed by atoms with Crippen molar-refractivity contribution in [2.24, 2.45) is 0 Å². The smallest absolute Gasteiger partial charge is 0.261 e. The van der Waals surface area contributed by atoms with Crippen LogP contribution in [0.25, 0.3) is 0 Å². The van der Waals surface area contributed by atoms with Gasteiger partial charge < -0.3 is 0 Å². The normalized spacial score (nSPS) is 12.5. The fraction of sp³-hybridized carbons (Fsp3) is 0.188. The molecule has 0 aliphatic heterocycles. The van der Waals surface area contributed by atoms with Gasteiger partial charge in [0.05, 0.1) is 10.9 Å². The number of sulfonamides is 1. The van der Waals surface area contributed by atoms with E-state index in [9.17, 15) is 18.4 Å². The van der Waals surface area contributed by atoms with Gasteiger partial charge in [-0.15, -0.1) is 0 Å². The van der Waals surface area contributed by atoms with Crippen molar-refractivity contribution in [1.82, 2.24) is 5.06 Å². The first-order valence-corrected chi connectivity index (χ1v) is 8.94. The molecule has 0 fully saturated rings.